The predicted molar refractivity (Wildman–Crippen MR) is 138 cm³/mol. The van der Waals surface area contributed by atoms with Crippen molar-refractivity contribution in [2.24, 2.45) is 11.1 Å². The van der Waals surface area contributed by atoms with Gasteiger partial charge in [0.1, 0.15) is 19.1 Å². The Kier molecular flexibility index (Phi) is 9.18. The molecule has 0 spiro atoms. The first-order chi connectivity index (χ1) is 16.7. The molecule has 35 heavy (non-hydrogen) atoms. The lowest BCUT2D eigenvalue weighted by atomic mass is 9.84. The summed E-state index contributed by atoms with van der Waals surface area (Å²) in [7, 11) is 1.50. The Morgan fingerprint density at radius 3 is 2.31 bits per heavy atom. The highest BCUT2D eigenvalue weighted by molar-refractivity contribution is 5.78. The number of benzene rings is 2. The number of hydrogen-bond acceptors (Lipinski definition) is 4. The number of carbonyl (C=O) groups excluding carboxylic acids is 1. The van der Waals surface area contributed by atoms with E-state index in [1.807, 2.05) is 54.7 Å². The van der Waals surface area contributed by atoms with Crippen LogP contribution in [0.25, 0.3) is 11.3 Å². The van der Waals surface area contributed by atoms with E-state index in [-0.39, 0.29) is 24.0 Å². The van der Waals surface area contributed by atoms with E-state index in [9.17, 15) is 9.18 Å². The van der Waals surface area contributed by atoms with E-state index >= 15 is 0 Å². The van der Waals surface area contributed by atoms with E-state index in [1.54, 1.807) is 4.90 Å². The Labute approximate surface area is 207 Å². The largest absolute Gasteiger partial charge is 0.375 e. The van der Waals surface area contributed by atoms with Gasteiger partial charge in [-0.1, -0.05) is 81.4 Å². The minimum Gasteiger partial charge on any atom is -0.375 e. The number of amides is 1. The van der Waals surface area contributed by atoms with Crippen LogP contribution < -0.4 is 5.73 Å². The van der Waals surface area contributed by atoms with Gasteiger partial charge >= 0.3 is 0 Å². The van der Waals surface area contributed by atoms with E-state index in [0.29, 0.717) is 19.5 Å². The molecule has 0 aliphatic heterocycles. The molecule has 2 aromatic carbocycles. The maximum atomic E-state index is 13.3. The van der Waals surface area contributed by atoms with E-state index in [2.05, 4.69) is 37.5 Å². The molecule has 1 aromatic heterocycles. The van der Waals surface area contributed by atoms with Gasteiger partial charge in [-0.25, -0.2) is 9.37 Å². The summed E-state index contributed by atoms with van der Waals surface area (Å²) in [6.45, 7) is 6.49. The number of nitrogens with zero attached hydrogens (tertiary/aromatic N) is 3. The fourth-order valence-corrected chi connectivity index (χ4v) is 4.28. The number of nitrogens with two attached hydrogens (primary N) is 1. The molecule has 0 aliphatic carbocycles. The van der Waals surface area contributed by atoms with Crippen LogP contribution in [0, 0.1) is 5.41 Å². The second-order valence-corrected chi connectivity index (χ2v) is 9.96. The Morgan fingerprint density at radius 1 is 1.11 bits per heavy atom. The molecular formula is C28H37FN4O2. The normalized spacial score (nSPS) is 13.4. The molecule has 0 saturated heterocycles. The highest BCUT2D eigenvalue weighted by Gasteiger charge is 2.38. The van der Waals surface area contributed by atoms with Gasteiger partial charge in [0, 0.05) is 38.0 Å². The van der Waals surface area contributed by atoms with E-state index < -0.39 is 12.7 Å². The summed E-state index contributed by atoms with van der Waals surface area (Å²) in [5.41, 5.74) is 8.50. The minimum atomic E-state index is -0.632. The molecule has 6 nitrogen and oxygen atoms in total. The van der Waals surface area contributed by atoms with E-state index in [1.165, 1.54) is 7.11 Å². The van der Waals surface area contributed by atoms with Crippen molar-refractivity contribution in [1.29, 1.82) is 0 Å². The van der Waals surface area contributed by atoms with Crippen molar-refractivity contribution in [2.45, 2.75) is 45.8 Å². The third-order valence-electron chi connectivity index (χ3n) is 5.98. The van der Waals surface area contributed by atoms with Crippen LogP contribution >= 0.6 is 0 Å². The topological polar surface area (TPSA) is 73.4 Å². The van der Waals surface area contributed by atoms with Crippen LogP contribution in [0.2, 0.25) is 0 Å². The first-order valence-electron chi connectivity index (χ1n) is 12.0. The first-order valence-corrected chi connectivity index (χ1v) is 12.0. The third-order valence-corrected chi connectivity index (χ3v) is 5.98. The van der Waals surface area contributed by atoms with Crippen molar-refractivity contribution in [2.75, 3.05) is 26.9 Å². The Hall–Kier alpha value is -3.03. The highest BCUT2D eigenvalue weighted by Crippen LogP contribution is 2.39. The number of imidazole rings is 1. The molecular weight excluding hydrogens is 443 g/mol. The molecule has 2 atom stereocenters. The number of methoxy groups -OCH3 is 1. The Bertz CT molecular complexity index is 1060. The summed E-state index contributed by atoms with van der Waals surface area (Å²) in [5.74, 6) is 0.604. The fourth-order valence-electron chi connectivity index (χ4n) is 4.28. The smallest absolute Gasteiger partial charge is 0.249 e. The average Bonchev–Trinajstić information content (AvgIpc) is 3.24. The lowest BCUT2D eigenvalue weighted by molar-refractivity contribution is -0.140. The lowest BCUT2D eigenvalue weighted by Crippen LogP contribution is -2.45. The van der Waals surface area contributed by atoms with Crippen molar-refractivity contribution >= 4 is 5.91 Å². The van der Waals surface area contributed by atoms with Crippen molar-refractivity contribution < 1.29 is 13.9 Å². The first kappa shape index (κ1) is 26.6. The van der Waals surface area contributed by atoms with Gasteiger partial charge in [-0.15, -0.1) is 0 Å². The van der Waals surface area contributed by atoms with E-state index in [4.69, 9.17) is 15.5 Å². The predicted octanol–water partition coefficient (Wildman–Crippen LogP) is 4.85. The molecule has 0 bridgehead atoms. The number of hydrogen-bond donors (Lipinski definition) is 1. The van der Waals surface area contributed by atoms with Gasteiger partial charge in [-0.05, 0) is 17.4 Å². The number of ether oxygens (including phenoxy) is 1. The number of rotatable bonds is 11. The maximum absolute atomic E-state index is 13.3. The average molecular weight is 481 g/mol. The molecule has 7 heteroatoms. The number of carbonyl (C=O) groups is 1. The molecule has 0 unspecified atom stereocenters. The quantitative estimate of drug-likeness (QED) is 0.426. The molecule has 188 valence electrons. The van der Waals surface area contributed by atoms with Crippen LogP contribution in [-0.4, -0.2) is 53.3 Å². The molecule has 0 radical (unpaired) electrons. The minimum absolute atomic E-state index is 0.0671. The summed E-state index contributed by atoms with van der Waals surface area (Å²) in [4.78, 5) is 20.1. The van der Waals surface area contributed by atoms with Crippen LogP contribution in [0.4, 0.5) is 4.39 Å². The van der Waals surface area contributed by atoms with Gasteiger partial charge in [0.05, 0.1) is 11.7 Å². The van der Waals surface area contributed by atoms with Crippen LogP contribution in [-0.2, 0) is 16.1 Å². The summed E-state index contributed by atoms with van der Waals surface area (Å²) in [6.07, 6.45) is 2.39. The molecule has 0 aliphatic rings. The summed E-state index contributed by atoms with van der Waals surface area (Å²) < 4.78 is 20.5. The van der Waals surface area contributed by atoms with Gasteiger partial charge in [0.15, 0.2) is 0 Å². The summed E-state index contributed by atoms with van der Waals surface area (Å²) in [5, 5.41) is 0. The van der Waals surface area contributed by atoms with Gasteiger partial charge in [-0.2, -0.15) is 0 Å². The van der Waals surface area contributed by atoms with Crippen LogP contribution in [0.15, 0.2) is 66.9 Å². The second-order valence-electron chi connectivity index (χ2n) is 9.96. The van der Waals surface area contributed by atoms with Gasteiger partial charge in [0.2, 0.25) is 5.91 Å². The SMILES string of the molecule is COCC(=O)N(CC[C@H](N)CF)[C@@H](c1nc(-c2ccccc2)cn1Cc1ccccc1)C(C)(C)C. The summed E-state index contributed by atoms with van der Waals surface area (Å²) >= 11 is 0. The monoisotopic (exact) mass is 480 g/mol. The lowest BCUT2D eigenvalue weighted by Gasteiger charge is -2.40. The fraction of sp³-hybridized carbons (Fsp3) is 0.429. The molecule has 2 N–H and O–H groups in total. The standard InChI is InChI=1S/C28H37FN4O2/c1-28(2,3)26(33(25(34)20-35-4)16-15-23(30)17-29)27-31-24(22-13-9-6-10-14-22)19-32(27)18-21-11-7-5-8-12-21/h5-14,19,23,26H,15-18,20,30H2,1-4H3/t23-,26-/m0/s1. The molecule has 3 rings (SSSR count). The van der Waals surface area contributed by atoms with Crippen LogP contribution in [0.5, 0.6) is 0 Å². The molecule has 0 saturated carbocycles. The van der Waals surface area contributed by atoms with Gasteiger partial charge < -0.3 is 19.9 Å². The zero-order valence-corrected chi connectivity index (χ0v) is 21.2. The van der Waals surface area contributed by atoms with Crippen molar-refractivity contribution in [3.8, 4) is 11.3 Å². The highest BCUT2D eigenvalue weighted by atomic mass is 19.1. The second kappa shape index (κ2) is 12.1. The molecule has 3 aromatic rings. The zero-order chi connectivity index (χ0) is 25.4. The Balaban J connectivity index is 2.13. The Morgan fingerprint density at radius 2 is 1.74 bits per heavy atom. The van der Waals surface area contributed by atoms with Gasteiger partial charge in [0.25, 0.3) is 0 Å². The number of alkyl halides is 1. The van der Waals surface area contributed by atoms with Crippen molar-refractivity contribution in [3.05, 3.63) is 78.2 Å². The van der Waals surface area contributed by atoms with Crippen LogP contribution in [0.1, 0.15) is 44.6 Å². The number of halogens is 1. The molecule has 1 heterocycles. The third kappa shape index (κ3) is 6.99. The maximum Gasteiger partial charge on any atom is 0.249 e. The molecule has 0 fully saturated rings. The zero-order valence-electron chi connectivity index (χ0n) is 21.2. The van der Waals surface area contributed by atoms with Gasteiger partial charge in [-0.3, -0.25) is 4.79 Å². The van der Waals surface area contributed by atoms with Crippen molar-refractivity contribution in [3.63, 3.8) is 0 Å². The molecule has 1 amide bonds. The van der Waals surface area contributed by atoms with E-state index in [0.717, 1.165) is 22.6 Å². The van der Waals surface area contributed by atoms with Crippen LogP contribution in [0.3, 0.4) is 0 Å². The summed E-state index contributed by atoms with van der Waals surface area (Å²) in [6, 6.07) is 19.2. The van der Waals surface area contributed by atoms with Crippen molar-refractivity contribution in [1.82, 2.24) is 14.5 Å². The number of aromatic nitrogens is 2.